The highest BCUT2D eigenvalue weighted by Gasteiger charge is 1.98. The zero-order valence-electron chi connectivity index (χ0n) is 7.60. The van der Waals surface area contributed by atoms with Crippen LogP contribution in [0.1, 0.15) is 46.0 Å². The van der Waals surface area contributed by atoms with Gasteiger partial charge >= 0.3 is 0 Å². The molecule has 0 aromatic heterocycles. The number of hydrogen-bond donors (Lipinski definition) is 0. The van der Waals surface area contributed by atoms with E-state index in [1.54, 1.807) is 0 Å². The van der Waals surface area contributed by atoms with Gasteiger partial charge in [-0.25, -0.2) is 0 Å². The van der Waals surface area contributed by atoms with Gasteiger partial charge in [0.2, 0.25) is 0 Å². The lowest BCUT2D eigenvalue weighted by Gasteiger charge is -2.07. The van der Waals surface area contributed by atoms with Crippen LogP contribution >= 0.6 is 0 Å². The average molecular weight is 154 g/mol. The third-order valence-electron chi connectivity index (χ3n) is 1.73. The van der Waals surface area contributed by atoms with E-state index in [-0.39, 0.29) is 6.10 Å². The molecule has 0 fully saturated rings. The minimum absolute atomic E-state index is 0.233. The topological polar surface area (TPSA) is 9.23 Å². The molecule has 0 aromatic carbocycles. The van der Waals surface area contributed by atoms with Crippen LogP contribution in [0.25, 0.3) is 0 Å². The number of unbranched alkanes of at least 4 members (excludes halogenated alkanes) is 3. The van der Waals surface area contributed by atoms with E-state index in [0.717, 1.165) is 6.42 Å². The van der Waals surface area contributed by atoms with Gasteiger partial charge in [-0.2, -0.15) is 0 Å². The lowest BCUT2D eigenvalue weighted by molar-refractivity contribution is 0.172. The van der Waals surface area contributed by atoms with Crippen LogP contribution in [0.3, 0.4) is 0 Å². The predicted molar refractivity (Wildman–Crippen MR) is 48.1 cm³/mol. The molecule has 0 aromatic rings. The molecule has 0 aliphatic heterocycles. The van der Waals surface area contributed by atoms with Crippen LogP contribution in [-0.4, -0.2) is 6.10 Å². The summed E-state index contributed by atoms with van der Waals surface area (Å²) in [7, 11) is 0. The van der Waals surface area contributed by atoms with Crippen molar-refractivity contribution in [3.63, 3.8) is 0 Å². The number of hydrogen-bond acceptors (Lipinski definition) is 1. The summed E-state index contributed by atoms with van der Waals surface area (Å²) in [5.74, 6) is 0. The third kappa shape index (κ3) is 7.25. The van der Waals surface area contributed by atoms with Gasteiger partial charge in [0, 0.05) is 0 Å². The van der Waals surface area contributed by atoms with Gasteiger partial charge in [-0.1, -0.05) is 32.6 Å². The average Bonchev–Trinajstić information content (AvgIpc) is 1.99. The minimum Gasteiger partial charge on any atom is -0.444 e. The van der Waals surface area contributed by atoms with Crippen LogP contribution in [0.4, 0.5) is 0 Å². The van der Waals surface area contributed by atoms with Crippen molar-refractivity contribution < 1.29 is 4.74 Å². The summed E-state index contributed by atoms with van der Waals surface area (Å²) in [4.78, 5) is 0. The molecule has 0 N–H and O–H groups in total. The molecule has 1 atom stereocenters. The molecule has 0 spiro atoms. The molecule has 0 heterocycles. The summed E-state index contributed by atoms with van der Waals surface area (Å²) in [5, 5.41) is 0. The van der Waals surface area contributed by atoms with Gasteiger partial charge in [0.05, 0.1) is 0 Å². The first-order valence-corrected chi connectivity index (χ1v) is 4.42. The second-order valence-corrected chi connectivity index (χ2v) is 2.90. The van der Waals surface area contributed by atoms with Crippen molar-refractivity contribution in [1.29, 1.82) is 0 Å². The number of terminal acetylenes is 1. The van der Waals surface area contributed by atoms with Gasteiger partial charge in [0.15, 0.2) is 0 Å². The molecule has 0 saturated heterocycles. The summed E-state index contributed by atoms with van der Waals surface area (Å²) in [6.45, 7) is 4.23. The van der Waals surface area contributed by atoms with E-state index in [4.69, 9.17) is 11.2 Å². The van der Waals surface area contributed by atoms with Crippen molar-refractivity contribution in [3.8, 4) is 12.5 Å². The molecule has 0 saturated carbocycles. The Hall–Kier alpha value is -0.640. The van der Waals surface area contributed by atoms with E-state index in [1.165, 1.54) is 25.7 Å². The second-order valence-electron chi connectivity index (χ2n) is 2.90. The molecule has 11 heavy (non-hydrogen) atoms. The first-order valence-electron chi connectivity index (χ1n) is 4.42. The molecule has 1 nitrogen and oxygen atoms in total. The fourth-order valence-corrected chi connectivity index (χ4v) is 1.03. The third-order valence-corrected chi connectivity index (χ3v) is 1.73. The molecule has 0 aliphatic rings. The van der Waals surface area contributed by atoms with Crippen molar-refractivity contribution in [2.45, 2.75) is 52.1 Å². The van der Waals surface area contributed by atoms with E-state index in [2.05, 4.69) is 13.0 Å². The first-order chi connectivity index (χ1) is 5.31. The van der Waals surface area contributed by atoms with Crippen LogP contribution in [0.5, 0.6) is 0 Å². The fourth-order valence-electron chi connectivity index (χ4n) is 1.03. The molecule has 1 unspecified atom stereocenters. The lowest BCUT2D eigenvalue weighted by atomic mass is 10.1. The van der Waals surface area contributed by atoms with Gasteiger partial charge in [0.1, 0.15) is 12.2 Å². The summed E-state index contributed by atoms with van der Waals surface area (Å²) >= 11 is 0. The Labute approximate surface area is 70.1 Å². The van der Waals surface area contributed by atoms with Crippen molar-refractivity contribution in [1.82, 2.24) is 0 Å². The SMILES string of the molecule is C#COC(C)CCCCCC. The highest BCUT2D eigenvalue weighted by Crippen LogP contribution is 2.06. The second kappa shape index (κ2) is 7.47. The summed E-state index contributed by atoms with van der Waals surface area (Å²) < 4.78 is 4.95. The first kappa shape index (κ1) is 10.4. The van der Waals surface area contributed by atoms with E-state index in [0.29, 0.717) is 0 Å². The standard InChI is InChI=1S/C10H18O/c1-4-6-7-8-9-10(3)11-5-2/h2,10H,4,6-9H2,1,3H3. The highest BCUT2D eigenvalue weighted by molar-refractivity contribution is 4.71. The molecule has 0 bridgehead atoms. The summed E-state index contributed by atoms with van der Waals surface area (Å²) in [6.07, 6.45) is 13.7. The molecular formula is C10H18O. The van der Waals surface area contributed by atoms with E-state index in [1.807, 2.05) is 6.92 Å². The molecule has 0 aliphatic carbocycles. The van der Waals surface area contributed by atoms with Crippen molar-refractivity contribution in [2.24, 2.45) is 0 Å². The number of rotatable bonds is 6. The van der Waals surface area contributed by atoms with Gasteiger partial charge < -0.3 is 4.74 Å². The Morgan fingerprint density at radius 3 is 2.64 bits per heavy atom. The Morgan fingerprint density at radius 1 is 1.36 bits per heavy atom. The zero-order chi connectivity index (χ0) is 8.53. The maximum absolute atomic E-state index is 4.99. The Balaban J connectivity index is 3.05. The summed E-state index contributed by atoms with van der Waals surface area (Å²) in [5.41, 5.74) is 0. The van der Waals surface area contributed by atoms with Crippen LogP contribution < -0.4 is 0 Å². The molecule has 1 heteroatoms. The normalized spacial score (nSPS) is 12.1. The van der Waals surface area contributed by atoms with Crippen LogP contribution in [0.2, 0.25) is 0 Å². The molecule has 64 valence electrons. The van der Waals surface area contributed by atoms with Crippen molar-refractivity contribution >= 4 is 0 Å². The lowest BCUT2D eigenvalue weighted by Crippen LogP contribution is -2.03. The van der Waals surface area contributed by atoms with E-state index >= 15 is 0 Å². The molecule has 0 amide bonds. The molecule has 0 radical (unpaired) electrons. The summed E-state index contributed by atoms with van der Waals surface area (Å²) in [6, 6.07) is 0. The minimum atomic E-state index is 0.233. The quantitative estimate of drug-likeness (QED) is 0.422. The molecular weight excluding hydrogens is 136 g/mol. The maximum atomic E-state index is 4.99. The van der Waals surface area contributed by atoms with Gasteiger partial charge in [-0.05, 0) is 19.8 Å². The monoisotopic (exact) mass is 154 g/mol. The van der Waals surface area contributed by atoms with Gasteiger partial charge in [-0.3, -0.25) is 0 Å². The van der Waals surface area contributed by atoms with Crippen LogP contribution in [0.15, 0.2) is 0 Å². The Kier molecular flexibility index (Phi) is 7.03. The van der Waals surface area contributed by atoms with Gasteiger partial charge in [-0.15, -0.1) is 0 Å². The van der Waals surface area contributed by atoms with Crippen molar-refractivity contribution in [2.75, 3.05) is 0 Å². The van der Waals surface area contributed by atoms with Crippen molar-refractivity contribution in [3.05, 3.63) is 0 Å². The van der Waals surface area contributed by atoms with Crippen LogP contribution in [0, 0.1) is 12.5 Å². The van der Waals surface area contributed by atoms with Crippen LogP contribution in [-0.2, 0) is 4.74 Å². The van der Waals surface area contributed by atoms with E-state index < -0.39 is 0 Å². The largest absolute Gasteiger partial charge is 0.444 e. The fraction of sp³-hybridized carbons (Fsp3) is 0.800. The smallest absolute Gasteiger partial charge is 0.108 e. The highest BCUT2D eigenvalue weighted by atomic mass is 16.5. The Bertz CT molecular complexity index is 113. The predicted octanol–water partition coefficient (Wildman–Crippen LogP) is 2.95. The number of ether oxygens (including phenoxy) is 1. The Morgan fingerprint density at radius 2 is 2.09 bits per heavy atom. The zero-order valence-corrected chi connectivity index (χ0v) is 7.60. The van der Waals surface area contributed by atoms with E-state index in [9.17, 15) is 0 Å². The van der Waals surface area contributed by atoms with Gasteiger partial charge in [0.25, 0.3) is 0 Å². The molecule has 0 rings (SSSR count). The maximum Gasteiger partial charge on any atom is 0.108 e.